The smallest absolute Gasteiger partial charge is 0.119 e. The predicted octanol–water partition coefficient (Wildman–Crippen LogP) is 5.28. The van der Waals surface area contributed by atoms with Crippen molar-refractivity contribution in [2.75, 3.05) is 26.2 Å². The van der Waals surface area contributed by atoms with E-state index in [4.69, 9.17) is 9.47 Å². The highest BCUT2D eigenvalue weighted by atomic mass is 16.5. The molecule has 0 amide bonds. The highest BCUT2D eigenvalue weighted by Crippen LogP contribution is 2.32. The van der Waals surface area contributed by atoms with E-state index in [1.165, 1.54) is 17.5 Å². The Morgan fingerprint density at radius 1 is 0.893 bits per heavy atom. The van der Waals surface area contributed by atoms with Crippen molar-refractivity contribution in [3.05, 3.63) is 65.7 Å². The fourth-order valence-corrected chi connectivity index (χ4v) is 4.08. The summed E-state index contributed by atoms with van der Waals surface area (Å²) in [6, 6.07) is 19.3. The van der Waals surface area contributed by atoms with Gasteiger partial charge in [-0.2, -0.15) is 0 Å². The van der Waals surface area contributed by atoms with Crippen LogP contribution in [0.15, 0.2) is 54.6 Å². The van der Waals surface area contributed by atoms with Gasteiger partial charge in [-0.25, -0.2) is 0 Å². The molecule has 2 unspecified atom stereocenters. The Kier molecular flexibility index (Phi) is 7.14. The molecule has 1 fully saturated rings. The van der Waals surface area contributed by atoms with E-state index in [9.17, 15) is 0 Å². The summed E-state index contributed by atoms with van der Waals surface area (Å²) >= 11 is 0. The van der Waals surface area contributed by atoms with E-state index < -0.39 is 0 Å². The topological polar surface area (TPSA) is 21.7 Å². The molecule has 152 valence electrons. The molecule has 2 atom stereocenters. The molecule has 3 rings (SSSR count). The Hall–Kier alpha value is -1.84. The van der Waals surface area contributed by atoms with Crippen molar-refractivity contribution in [3.8, 4) is 5.75 Å². The fraction of sp³-hybridized carbons (Fsp3) is 0.520. The molecule has 2 aromatic carbocycles. The summed E-state index contributed by atoms with van der Waals surface area (Å²) in [4.78, 5) is 2.51. The molecule has 1 saturated heterocycles. The summed E-state index contributed by atoms with van der Waals surface area (Å²) in [6.07, 6.45) is 2.94. The number of hydrogen-bond acceptors (Lipinski definition) is 3. The van der Waals surface area contributed by atoms with Crippen LogP contribution < -0.4 is 4.74 Å². The van der Waals surface area contributed by atoms with Gasteiger partial charge >= 0.3 is 0 Å². The van der Waals surface area contributed by atoms with E-state index in [0.29, 0.717) is 12.2 Å². The van der Waals surface area contributed by atoms with Gasteiger partial charge in [0.25, 0.3) is 0 Å². The van der Waals surface area contributed by atoms with Crippen molar-refractivity contribution in [2.24, 2.45) is 0 Å². The molecule has 3 nitrogen and oxygen atoms in total. The number of morpholine rings is 1. The van der Waals surface area contributed by atoms with Gasteiger partial charge in [0.15, 0.2) is 0 Å². The maximum atomic E-state index is 5.97. The number of hydrogen-bond donors (Lipinski definition) is 0. The first-order chi connectivity index (χ1) is 13.4. The highest BCUT2D eigenvalue weighted by molar-refractivity contribution is 5.39. The summed E-state index contributed by atoms with van der Waals surface area (Å²) in [5.74, 6) is 0.959. The minimum Gasteiger partial charge on any atom is -0.494 e. The van der Waals surface area contributed by atoms with Gasteiger partial charge in [0, 0.05) is 18.5 Å². The number of nitrogens with zero attached hydrogens (tertiary/aromatic N) is 1. The van der Waals surface area contributed by atoms with Crippen LogP contribution in [0.5, 0.6) is 5.75 Å². The molecule has 0 spiro atoms. The van der Waals surface area contributed by atoms with Crippen molar-refractivity contribution in [1.29, 1.82) is 0 Å². The first-order valence-corrected chi connectivity index (χ1v) is 10.6. The average molecular weight is 382 g/mol. The Labute approximate surface area is 170 Å². The Morgan fingerprint density at radius 2 is 1.50 bits per heavy atom. The number of benzene rings is 2. The normalized spacial score (nSPS) is 20.9. The fourth-order valence-electron chi connectivity index (χ4n) is 4.08. The number of rotatable bonds is 8. The van der Waals surface area contributed by atoms with Gasteiger partial charge in [-0.05, 0) is 56.5 Å². The Morgan fingerprint density at radius 3 is 2.14 bits per heavy atom. The van der Waals surface area contributed by atoms with Gasteiger partial charge in [-0.15, -0.1) is 0 Å². The molecule has 1 aliphatic rings. The molecule has 0 aromatic heterocycles. The third-order valence-electron chi connectivity index (χ3n) is 5.70. The zero-order valence-corrected chi connectivity index (χ0v) is 17.9. The number of unbranched alkanes of at least 4 members (excludes halogenated alkanes) is 1. The third kappa shape index (κ3) is 5.59. The lowest BCUT2D eigenvalue weighted by molar-refractivity contribution is -0.0682. The maximum absolute atomic E-state index is 5.97. The second-order valence-corrected chi connectivity index (χ2v) is 8.59. The number of ether oxygens (including phenoxy) is 2. The molecular formula is C25H35NO2. The third-order valence-corrected chi connectivity index (χ3v) is 5.70. The molecule has 0 saturated carbocycles. The molecule has 0 N–H and O–H groups in total. The van der Waals surface area contributed by atoms with E-state index in [2.05, 4.69) is 87.2 Å². The van der Waals surface area contributed by atoms with E-state index in [1.54, 1.807) is 0 Å². The van der Waals surface area contributed by atoms with Gasteiger partial charge in [0.1, 0.15) is 5.75 Å². The monoisotopic (exact) mass is 381 g/mol. The highest BCUT2D eigenvalue weighted by Gasteiger charge is 2.23. The standard InChI is InChI=1S/C25H35NO2/c1-20-18-26(19-21(2)28-20)16-8-9-17-27-24-14-12-23(13-15-24)25(3,4)22-10-6-5-7-11-22/h5-7,10-15,20-21H,8-9,16-19H2,1-4H3. The van der Waals surface area contributed by atoms with E-state index >= 15 is 0 Å². The quantitative estimate of drug-likeness (QED) is 0.581. The largest absolute Gasteiger partial charge is 0.494 e. The van der Waals surface area contributed by atoms with E-state index in [-0.39, 0.29) is 5.41 Å². The maximum Gasteiger partial charge on any atom is 0.119 e. The van der Waals surface area contributed by atoms with E-state index in [1.807, 2.05) is 0 Å². The molecule has 28 heavy (non-hydrogen) atoms. The van der Waals surface area contributed by atoms with Crippen LogP contribution in [-0.4, -0.2) is 43.3 Å². The summed E-state index contributed by atoms with van der Waals surface area (Å²) in [5.41, 5.74) is 2.63. The average Bonchev–Trinajstić information content (AvgIpc) is 2.68. The zero-order chi connectivity index (χ0) is 20.0. The molecule has 3 heteroatoms. The second-order valence-electron chi connectivity index (χ2n) is 8.59. The van der Waals surface area contributed by atoms with Crippen LogP contribution in [0.4, 0.5) is 0 Å². The van der Waals surface area contributed by atoms with Crippen LogP contribution in [0.3, 0.4) is 0 Å². The van der Waals surface area contributed by atoms with Crippen LogP contribution in [0, 0.1) is 0 Å². The molecule has 2 aromatic rings. The minimum atomic E-state index is -0.00772. The molecule has 0 radical (unpaired) electrons. The summed E-state index contributed by atoms with van der Waals surface area (Å²) < 4.78 is 11.8. The summed E-state index contributed by atoms with van der Waals surface area (Å²) in [6.45, 7) is 12.9. The molecule has 0 bridgehead atoms. The second kappa shape index (κ2) is 9.58. The molecule has 1 aliphatic heterocycles. The molecule has 0 aliphatic carbocycles. The molecular weight excluding hydrogens is 346 g/mol. The van der Waals surface area contributed by atoms with Crippen molar-refractivity contribution in [1.82, 2.24) is 4.90 Å². The summed E-state index contributed by atoms with van der Waals surface area (Å²) in [5, 5.41) is 0. The zero-order valence-electron chi connectivity index (χ0n) is 17.9. The summed E-state index contributed by atoms with van der Waals surface area (Å²) in [7, 11) is 0. The van der Waals surface area contributed by atoms with Gasteiger partial charge in [-0.3, -0.25) is 4.90 Å². The Bertz CT molecular complexity index is 701. The lowest BCUT2D eigenvalue weighted by Gasteiger charge is -2.35. The SMILES string of the molecule is CC1CN(CCCCOc2ccc(C(C)(C)c3ccccc3)cc2)CC(C)O1. The van der Waals surface area contributed by atoms with Crippen LogP contribution >= 0.6 is 0 Å². The van der Waals surface area contributed by atoms with Crippen molar-refractivity contribution in [3.63, 3.8) is 0 Å². The lowest BCUT2D eigenvalue weighted by atomic mass is 9.78. The van der Waals surface area contributed by atoms with Crippen LogP contribution in [0.2, 0.25) is 0 Å². The lowest BCUT2D eigenvalue weighted by Crippen LogP contribution is -2.45. The minimum absolute atomic E-state index is 0.00772. The van der Waals surface area contributed by atoms with Crippen molar-refractivity contribution < 1.29 is 9.47 Å². The van der Waals surface area contributed by atoms with Gasteiger partial charge in [-0.1, -0.05) is 56.3 Å². The predicted molar refractivity (Wildman–Crippen MR) is 116 cm³/mol. The van der Waals surface area contributed by atoms with Crippen molar-refractivity contribution >= 4 is 0 Å². The van der Waals surface area contributed by atoms with Crippen molar-refractivity contribution in [2.45, 2.75) is 58.2 Å². The van der Waals surface area contributed by atoms with Crippen LogP contribution in [0.25, 0.3) is 0 Å². The van der Waals surface area contributed by atoms with Gasteiger partial charge < -0.3 is 9.47 Å². The first kappa shape index (κ1) is 20.9. The van der Waals surface area contributed by atoms with Crippen LogP contribution in [-0.2, 0) is 10.2 Å². The van der Waals surface area contributed by atoms with Crippen LogP contribution in [0.1, 0.15) is 51.7 Å². The Balaban J connectivity index is 1.42. The van der Waals surface area contributed by atoms with Gasteiger partial charge in [0.05, 0.1) is 18.8 Å². The first-order valence-electron chi connectivity index (χ1n) is 10.6. The van der Waals surface area contributed by atoms with Gasteiger partial charge in [0.2, 0.25) is 0 Å². The molecule has 1 heterocycles. The van der Waals surface area contributed by atoms with E-state index in [0.717, 1.165) is 38.4 Å².